The number of phenols is 1. The molecule has 0 spiro atoms. The number of nitrogens with two attached hydrogens (primary N) is 1. The minimum absolute atomic E-state index is 0.0436. The zero-order chi connectivity index (χ0) is 13.7. The number of hydrogen-bond acceptors (Lipinski definition) is 5. The highest BCUT2D eigenvalue weighted by Crippen LogP contribution is 2.33. The Balaban J connectivity index is 2.90. The molecule has 0 bridgehead atoms. The largest absolute Gasteiger partial charge is 0.505 e. The Kier molecular flexibility index (Phi) is 4.61. The van der Waals surface area contributed by atoms with Crippen LogP contribution in [0.15, 0.2) is 18.2 Å². The molecule has 1 aromatic rings. The van der Waals surface area contributed by atoms with E-state index in [1.807, 2.05) is 6.92 Å². The van der Waals surface area contributed by atoms with Crippen LogP contribution in [0, 0.1) is 10.1 Å². The summed E-state index contributed by atoms with van der Waals surface area (Å²) in [7, 11) is 0. The Morgan fingerprint density at radius 3 is 2.83 bits per heavy atom. The third kappa shape index (κ3) is 3.42. The molecule has 98 valence electrons. The third-order valence-corrected chi connectivity index (χ3v) is 2.45. The lowest BCUT2D eigenvalue weighted by Gasteiger charge is -2.10. The monoisotopic (exact) mass is 253 g/mol. The first-order chi connectivity index (χ1) is 8.45. The number of carbonyl (C=O) groups is 1. The van der Waals surface area contributed by atoms with Gasteiger partial charge < -0.3 is 16.2 Å². The van der Waals surface area contributed by atoms with Gasteiger partial charge in [0.2, 0.25) is 5.91 Å². The van der Waals surface area contributed by atoms with Crippen molar-refractivity contribution in [2.75, 3.05) is 5.32 Å². The Labute approximate surface area is 104 Å². The average molecular weight is 253 g/mol. The average Bonchev–Trinajstić information content (AvgIpc) is 2.31. The molecule has 0 heterocycles. The van der Waals surface area contributed by atoms with Gasteiger partial charge in [0, 0.05) is 18.5 Å². The molecule has 0 radical (unpaired) electrons. The number of para-hydroxylation sites is 1. The van der Waals surface area contributed by atoms with E-state index in [1.54, 1.807) is 0 Å². The molecule has 7 nitrogen and oxygen atoms in total. The summed E-state index contributed by atoms with van der Waals surface area (Å²) in [6.07, 6.45) is 0.665. The van der Waals surface area contributed by atoms with Crippen molar-refractivity contribution >= 4 is 17.3 Å². The van der Waals surface area contributed by atoms with Gasteiger partial charge in [0.1, 0.15) is 5.75 Å². The molecule has 0 saturated carbocycles. The second kappa shape index (κ2) is 5.97. The molecule has 0 aromatic heterocycles. The smallest absolute Gasteiger partial charge is 0.296 e. The van der Waals surface area contributed by atoms with Gasteiger partial charge in [0.25, 0.3) is 5.69 Å². The molecule has 1 atom stereocenters. The van der Waals surface area contributed by atoms with E-state index in [0.717, 1.165) is 0 Å². The van der Waals surface area contributed by atoms with Crippen LogP contribution in [-0.4, -0.2) is 22.0 Å². The summed E-state index contributed by atoms with van der Waals surface area (Å²) < 4.78 is 0. The summed E-state index contributed by atoms with van der Waals surface area (Å²) in [5.74, 6) is -0.809. The lowest BCUT2D eigenvalue weighted by atomic mass is 10.1. The van der Waals surface area contributed by atoms with Crippen molar-refractivity contribution in [3.05, 3.63) is 28.3 Å². The number of nitro groups is 1. The molecule has 0 saturated heterocycles. The van der Waals surface area contributed by atoms with E-state index < -0.39 is 10.8 Å². The lowest BCUT2D eigenvalue weighted by Crippen LogP contribution is -2.26. The van der Waals surface area contributed by atoms with Crippen LogP contribution in [0.3, 0.4) is 0 Å². The Morgan fingerprint density at radius 2 is 2.28 bits per heavy atom. The Bertz CT molecular complexity index is 462. The molecule has 0 aliphatic carbocycles. The molecule has 1 amide bonds. The van der Waals surface area contributed by atoms with Gasteiger partial charge in [0.15, 0.2) is 5.69 Å². The van der Waals surface area contributed by atoms with E-state index in [-0.39, 0.29) is 29.6 Å². The SMILES string of the molecule is CCC(N)CC(=O)Nc1c(O)cccc1[N+](=O)[O-]. The number of nitrogens with one attached hydrogen (secondary N) is 1. The van der Waals surface area contributed by atoms with Crippen LogP contribution in [0.4, 0.5) is 11.4 Å². The molecule has 0 fully saturated rings. The van der Waals surface area contributed by atoms with Crippen molar-refractivity contribution in [3.8, 4) is 5.75 Å². The minimum Gasteiger partial charge on any atom is -0.505 e. The molecule has 1 unspecified atom stereocenters. The minimum atomic E-state index is -0.672. The first kappa shape index (κ1) is 13.9. The standard InChI is InChI=1S/C11H15N3O4/c1-2-7(12)6-10(16)13-11-8(14(17)18)4-3-5-9(11)15/h3-5,7,15H,2,6,12H2,1H3,(H,13,16). The molecule has 18 heavy (non-hydrogen) atoms. The maximum absolute atomic E-state index is 11.6. The number of anilines is 1. The topological polar surface area (TPSA) is 118 Å². The van der Waals surface area contributed by atoms with Crippen LogP contribution < -0.4 is 11.1 Å². The fourth-order valence-corrected chi connectivity index (χ4v) is 1.38. The van der Waals surface area contributed by atoms with Gasteiger partial charge in [-0.05, 0) is 12.5 Å². The van der Waals surface area contributed by atoms with Crippen molar-refractivity contribution in [3.63, 3.8) is 0 Å². The van der Waals surface area contributed by atoms with Gasteiger partial charge >= 0.3 is 0 Å². The molecule has 7 heteroatoms. The summed E-state index contributed by atoms with van der Waals surface area (Å²) in [5.41, 5.74) is 5.05. The highest BCUT2D eigenvalue weighted by Gasteiger charge is 2.20. The van der Waals surface area contributed by atoms with Crippen LogP contribution in [0.1, 0.15) is 19.8 Å². The summed E-state index contributed by atoms with van der Waals surface area (Å²) >= 11 is 0. The van der Waals surface area contributed by atoms with Crippen LogP contribution in [0.5, 0.6) is 5.75 Å². The number of aromatic hydroxyl groups is 1. The molecule has 1 aromatic carbocycles. The van der Waals surface area contributed by atoms with Crippen molar-refractivity contribution in [2.45, 2.75) is 25.8 Å². The number of benzene rings is 1. The molecular weight excluding hydrogens is 238 g/mol. The first-order valence-corrected chi connectivity index (χ1v) is 5.47. The zero-order valence-electron chi connectivity index (χ0n) is 9.92. The fraction of sp³-hybridized carbons (Fsp3) is 0.364. The normalized spacial score (nSPS) is 11.9. The van der Waals surface area contributed by atoms with E-state index in [9.17, 15) is 20.0 Å². The van der Waals surface area contributed by atoms with Gasteiger partial charge in [-0.1, -0.05) is 13.0 Å². The van der Waals surface area contributed by atoms with E-state index in [0.29, 0.717) is 6.42 Å². The van der Waals surface area contributed by atoms with Crippen molar-refractivity contribution < 1.29 is 14.8 Å². The number of carbonyl (C=O) groups excluding carboxylic acids is 1. The predicted molar refractivity (Wildman–Crippen MR) is 66.3 cm³/mol. The van der Waals surface area contributed by atoms with Crippen LogP contribution >= 0.6 is 0 Å². The first-order valence-electron chi connectivity index (χ1n) is 5.47. The Morgan fingerprint density at radius 1 is 1.61 bits per heavy atom. The van der Waals surface area contributed by atoms with Crippen molar-refractivity contribution in [1.82, 2.24) is 0 Å². The van der Waals surface area contributed by atoms with Crippen LogP contribution in [0.25, 0.3) is 0 Å². The number of rotatable bonds is 5. The molecule has 0 aliphatic heterocycles. The summed E-state index contributed by atoms with van der Waals surface area (Å²) in [6, 6.07) is 3.49. The summed E-state index contributed by atoms with van der Waals surface area (Å²) in [4.78, 5) is 21.7. The fourth-order valence-electron chi connectivity index (χ4n) is 1.38. The van der Waals surface area contributed by atoms with E-state index >= 15 is 0 Å². The second-order valence-electron chi connectivity index (χ2n) is 3.85. The quantitative estimate of drug-likeness (QED) is 0.416. The number of phenolic OH excluding ortho intramolecular Hbond substituents is 1. The molecule has 4 N–H and O–H groups in total. The highest BCUT2D eigenvalue weighted by molar-refractivity contribution is 5.95. The zero-order valence-corrected chi connectivity index (χ0v) is 9.92. The van der Waals surface area contributed by atoms with Crippen LogP contribution in [0.2, 0.25) is 0 Å². The van der Waals surface area contributed by atoms with Gasteiger partial charge in [-0.25, -0.2) is 0 Å². The van der Waals surface area contributed by atoms with Crippen LogP contribution in [-0.2, 0) is 4.79 Å². The summed E-state index contributed by atoms with van der Waals surface area (Å²) in [5, 5.41) is 22.6. The summed E-state index contributed by atoms with van der Waals surface area (Å²) in [6.45, 7) is 1.83. The van der Waals surface area contributed by atoms with Gasteiger partial charge in [-0.15, -0.1) is 0 Å². The van der Waals surface area contributed by atoms with E-state index in [1.165, 1.54) is 18.2 Å². The lowest BCUT2D eigenvalue weighted by molar-refractivity contribution is -0.384. The van der Waals surface area contributed by atoms with Gasteiger partial charge in [-0.3, -0.25) is 14.9 Å². The van der Waals surface area contributed by atoms with Gasteiger partial charge in [0.05, 0.1) is 4.92 Å². The molecular formula is C11H15N3O4. The number of amides is 1. The van der Waals surface area contributed by atoms with Crippen molar-refractivity contribution in [2.24, 2.45) is 5.73 Å². The second-order valence-corrected chi connectivity index (χ2v) is 3.85. The van der Waals surface area contributed by atoms with E-state index in [4.69, 9.17) is 5.73 Å². The predicted octanol–water partition coefficient (Wildman–Crippen LogP) is 1.37. The van der Waals surface area contributed by atoms with Crippen molar-refractivity contribution in [1.29, 1.82) is 0 Å². The maximum atomic E-state index is 11.6. The maximum Gasteiger partial charge on any atom is 0.296 e. The third-order valence-electron chi connectivity index (χ3n) is 2.45. The number of nitro benzene ring substituents is 1. The molecule has 1 rings (SSSR count). The van der Waals surface area contributed by atoms with E-state index in [2.05, 4.69) is 5.32 Å². The Hall–Kier alpha value is -2.15. The highest BCUT2D eigenvalue weighted by atomic mass is 16.6. The number of nitrogens with zero attached hydrogens (tertiary/aromatic N) is 1. The van der Waals surface area contributed by atoms with Gasteiger partial charge in [-0.2, -0.15) is 0 Å². The number of hydrogen-bond donors (Lipinski definition) is 3. The molecule has 0 aliphatic rings.